The molecule has 2 atom stereocenters. The van der Waals surface area contributed by atoms with Crippen LogP contribution >= 0.6 is 11.3 Å². The summed E-state index contributed by atoms with van der Waals surface area (Å²) in [4.78, 5) is 15.2. The molecule has 2 aliphatic heterocycles. The summed E-state index contributed by atoms with van der Waals surface area (Å²) in [5.74, 6) is 1.05. The van der Waals surface area contributed by atoms with E-state index in [0.717, 1.165) is 41.1 Å². The molecule has 3 heterocycles. The van der Waals surface area contributed by atoms with Crippen LogP contribution in [0.15, 0.2) is 24.3 Å². The van der Waals surface area contributed by atoms with Gasteiger partial charge in [0, 0.05) is 30.9 Å². The van der Waals surface area contributed by atoms with Crippen molar-refractivity contribution in [2.45, 2.75) is 0 Å². The van der Waals surface area contributed by atoms with Crippen LogP contribution in [0, 0.1) is 17.7 Å². The van der Waals surface area contributed by atoms with Gasteiger partial charge in [-0.1, -0.05) is 6.07 Å². The molecule has 104 valence electrons. The van der Waals surface area contributed by atoms with E-state index in [9.17, 15) is 9.18 Å². The van der Waals surface area contributed by atoms with Gasteiger partial charge < -0.3 is 10.2 Å². The van der Waals surface area contributed by atoms with E-state index >= 15 is 0 Å². The lowest BCUT2D eigenvalue weighted by atomic mass is 10.0. The van der Waals surface area contributed by atoms with Crippen LogP contribution in [0.1, 0.15) is 9.67 Å². The van der Waals surface area contributed by atoms with Crippen LogP contribution in [0.3, 0.4) is 0 Å². The molecule has 0 unspecified atom stereocenters. The molecule has 20 heavy (non-hydrogen) atoms. The summed E-state index contributed by atoms with van der Waals surface area (Å²) >= 11 is 1.39. The smallest absolute Gasteiger partial charge is 0.263 e. The van der Waals surface area contributed by atoms with Crippen molar-refractivity contribution in [1.29, 1.82) is 0 Å². The van der Waals surface area contributed by atoms with Gasteiger partial charge >= 0.3 is 0 Å². The van der Waals surface area contributed by atoms with Crippen LogP contribution in [-0.2, 0) is 0 Å². The molecule has 0 bridgehead atoms. The second-order valence-electron chi connectivity index (χ2n) is 5.68. The van der Waals surface area contributed by atoms with Crippen molar-refractivity contribution < 1.29 is 9.18 Å². The fourth-order valence-electron chi connectivity index (χ4n) is 3.29. The van der Waals surface area contributed by atoms with E-state index in [2.05, 4.69) is 5.32 Å². The summed E-state index contributed by atoms with van der Waals surface area (Å²) in [5, 5.41) is 4.32. The maximum atomic E-state index is 13.2. The molecular formula is C15H15FN2OS. The molecule has 2 saturated heterocycles. The zero-order chi connectivity index (χ0) is 13.7. The SMILES string of the molecule is O=C(c1cc2ccc(F)cc2s1)N1C[C@H]2CNC[C@H]2C1. The van der Waals surface area contributed by atoms with Crippen LogP contribution in [0.25, 0.3) is 10.1 Å². The van der Waals surface area contributed by atoms with Gasteiger partial charge in [0.05, 0.1) is 4.88 Å². The van der Waals surface area contributed by atoms with Crippen molar-refractivity contribution in [1.82, 2.24) is 10.2 Å². The van der Waals surface area contributed by atoms with Crippen LogP contribution in [-0.4, -0.2) is 37.0 Å². The van der Waals surface area contributed by atoms with Crippen molar-refractivity contribution in [2.75, 3.05) is 26.2 Å². The first kappa shape index (κ1) is 12.3. The van der Waals surface area contributed by atoms with Crippen molar-refractivity contribution in [3.05, 3.63) is 35.0 Å². The molecule has 1 aromatic heterocycles. The van der Waals surface area contributed by atoms with Gasteiger partial charge in [-0.05, 0) is 35.4 Å². The van der Waals surface area contributed by atoms with E-state index in [1.165, 1.54) is 23.5 Å². The standard InChI is InChI=1S/C15H15FN2OS/c16-12-2-1-9-3-14(20-13(9)4-12)15(19)18-7-10-5-17-6-11(10)8-18/h1-4,10-11,17H,5-8H2/t10-,11+. The van der Waals surface area contributed by atoms with Crippen LogP contribution in [0.5, 0.6) is 0 Å². The van der Waals surface area contributed by atoms with Gasteiger partial charge in [-0.2, -0.15) is 0 Å². The Morgan fingerprint density at radius 2 is 2.00 bits per heavy atom. The van der Waals surface area contributed by atoms with Crippen LogP contribution in [0.4, 0.5) is 4.39 Å². The fourth-order valence-corrected chi connectivity index (χ4v) is 4.34. The topological polar surface area (TPSA) is 32.3 Å². The van der Waals surface area contributed by atoms with E-state index in [1.807, 2.05) is 11.0 Å². The lowest BCUT2D eigenvalue weighted by Crippen LogP contribution is -2.31. The summed E-state index contributed by atoms with van der Waals surface area (Å²) in [5.41, 5.74) is 0. The molecule has 1 amide bonds. The van der Waals surface area contributed by atoms with Crippen molar-refractivity contribution in [3.8, 4) is 0 Å². The Labute approximate surface area is 120 Å². The second kappa shape index (κ2) is 4.53. The molecular weight excluding hydrogens is 275 g/mol. The highest BCUT2D eigenvalue weighted by molar-refractivity contribution is 7.20. The molecule has 0 radical (unpaired) electrons. The third kappa shape index (κ3) is 1.93. The molecule has 0 saturated carbocycles. The maximum absolute atomic E-state index is 13.2. The number of carbonyl (C=O) groups excluding carboxylic acids is 1. The fraction of sp³-hybridized carbons (Fsp3) is 0.400. The lowest BCUT2D eigenvalue weighted by molar-refractivity contribution is 0.0786. The molecule has 0 spiro atoms. The van der Waals surface area contributed by atoms with E-state index in [-0.39, 0.29) is 11.7 Å². The summed E-state index contributed by atoms with van der Waals surface area (Å²) in [6, 6.07) is 6.56. The normalized spacial score (nSPS) is 25.4. The quantitative estimate of drug-likeness (QED) is 0.874. The molecule has 1 aromatic carbocycles. The van der Waals surface area contributed by atoms with Gasteiger partial charge in [-0.15, -0.1) is 11.3 Å². The first-order valence-electron chi connectivity index (χ1n) is 6.90. The third-order valence-corrected chi connectivity index (χ3v) is 5.46. The number of benzene rings is 1. The number of likely N-dealkylation sites (tertiary alicyclic amines) is 1. The summed E-state index contributed by atoms with van der Waals surface area (Å²) in [6.07, 6.45) is 0. The molecule has 1 N–H and O–H groups in total. The molecule has 2 aliphatic rings. The highest BCUT2D eigenvalue weighted by Crippen LogP contribution is 2.31. The van der Waals surface area contributed by atoms with E-state index in [4.69, 9.17) is 0 Å². The Kier molecular flexibility index (Phi) is 2.79. The van der Waals surface area contributed by atoms with Gasteiger partial charge in [0.1, 0.15) is 5.82 Å². The van der Waals surface area contributed by atoms with Crippen LogP contribution in [0.2, 0.25) is 0 Å². The molecule has 2 fully saturated rings. The van der Waals surface area contributed by atoms with Gasteiger partial charge in [0.25, 0.3) is 5.91 Å². The number of nitrogens with one attached hydrogen (secondary N) is 1. The molecule has 3 nitrogen and oxygen atoms in total. The molecule has 0 aliphatic carbocycles. The molecule has 5 heteroatoms. The second-order valence-corrected chi connectivity index (χ2v) is 6.77. The number of hydrogen-bond donors (Lipinski definition) is 1. The number of amides is 1. The van der Waals surface area contributed by atoms with E-state index < -0.39 is 0 Å². The van der Waals surface area contributed by atoms with E-state index in [1.54, 1.807) is 6.07 Å². The van der Waals surface area contributed by atoms with Crippen LogP contribution < -0.4 is 5.32 Å². The largest absolute Gasteiger partial charge is 0.337 e. The Hall–Kier alpha value is -1.46. The number of fused-ring (bicyclic) bond motifs is 2. The number of rotatable bonds is 1. The van der Waals surface area contributed by atoms with Gasteiger partial charge in [0.2, 0.25) is 0 Å². The number of hydrogen-bond acceptors (Lipinski definition) is 3. The Balaban J connectivity index is 1.61. The number of carbonyl (C=O) groups is 1. The Morgan fingerprint density at radius 1 is 1.25 bits per heavy atom. The Bertz CT molecular complexity index is 672. The van der Waals surface area contributed by atoms with Gasteiger partial charge in [-0.3, -0.25) is 4.79 Å². The molecule has 4 rings (SSSR count). The zero-order valence-electron chi connectivity index (χ0n) is 10.9. The van der Waals surface area contributed by atoms with Crippen molar-refractivity contribution in [3.63, 3.8) is 0 Å². The monoisotopic (exact) mass is 290 g/mol. The Morgan fingerprint density at radius 3 is 2.75 bits per heavy atom. The minimum absolute atomic E-state index is 0.0982. The summed E-state index contributed by atoms with van der Waals surface area (Å²) in [7, 11) is 0. The highest BCUT2D eigenvalue weighted by Gasteiger charge is 2.38. The number of thiophene rings is 1. The number of nitrogens with zero attached hydrogens (tertiary/aromatic N) is 1. The number of halogens is 1. The average Bonchev–Trinajstić information content (AvgIpc) is 3.10. The average molecular weight is 290 g/mol. The predicted molar refractivity (Wildman–Crippen MR) is 77.5 cm³/mol. The van der Waals surface area contributed by atoms with Crippen molar-refractivity contribution >= 4 is 27.3 Å². The lowest BCUT2D eigenvalue weighted by Gasteiger charge is -2.16. The van der Waals surface area contributed by atoms with E-state index in [0.29, 0.717) is 11.8 Å². The minimum Gasteiger partial charge on any atom is -0.337 e. The maximum Gasteiger partial charge on any atom is 0.263 e. The third-order valence-electron chi connectivity index (χ3n) is 4.37. The van der Waals surface area contributed by atoms with Crippen molar-refractivity contribution in [2.24, 2.45) is 11.8 Å². The van der Waals surface area contributed by atoms with Gasteiger partial charge in [-0.25, -0.2) is 4.39 Å². The van der Waals surface area contributed by atoms with Gasteiger partial charge in [0.15, 0.2) is 0 Å². The first-order valence-corrected chi connectivity index (χ1v) is 7.71. The predicted octanol–water partition coefficient (Wildman–Crippen LogP) is 2.33. The first-order chi connectivity index (χ1) is 9.70. The summed E-state index contributed by atoms with van der Waals surface area (Å²) in [6.45, 7) is 3.73. The zero-order valence-corrected chi connectivity index (χ0v) is 11.8. The summed E-state index contributed by atoms with van der Waals surface area (Å²) < 4.78 is 14.1. The molecule has 2 aromatic rings. The highest BCUT2D eigenvalue weighted by atomic mass is 32.1. The minimum atomic E-state index is -0.250.